The number of nitrogens with zero attached hydrogens (tertiary/aromatic N) is 3. The van der Waals surface area contributed by atoms with Gasteiger partial charge >= 0.3 is 6.09 Å². The second-order valence-corrected chi connectivity index (χ2v) is 6.61. The minimum atomic E-state index is -0.537. The third-order valence-corrected chi connectivity index (χ3v) is 3.62. The van der Waals surface area contributed by atoms with E-state index in [1.165, 1.54) is 6.07 Å². The summed E-state index contributed by atoms with van der Waals surface area (Å²) in [7, 11) is 0. The number of benzene rings is 1. The van der Waals surface area contributed by atoms with Crippen LogP contribution >= 0.6 is 0 Å². The summed E-state index contributed by atoms with van der Waals surface area (Å²) in [6.07, 6.45) is -0.357. The molecule has 1 aromatic rings. The zero-order valence-electron chi connectivity index (χ0n) is 14.1. The third kappa shape index (κ3) is 4.27. The minimum absolute atomic E-state index is 0.143. The molecule has 1 amide bonds. The Morgan fingerprint density at radius 2 is 1.92 bits per heavy atom. The van der Waals surface area contributed by atoms with Gasteiger partial charge in [-0.1, -0.05) is 5.16 Å². The van der Waals surface area contributed by atoms with Crippen LogP contribution in [0.25, 0.3) is 0 Å². The Hall–Kier alpha value is -2.51. The molecule has 0 radical (unpaired) electrons. The summed E-state index contributed by atoms with van der Waals surface area (Å²) >= 11 is 0. The molecule has 8 heteroatoms. The van der Waals surface area contributed by atoms with Gasteiger partial charge in [-0.2, -0.15) is 0 Å². The Labute approximate surface area is 140 Å². The summed E-state index contributed by atoms with van der Waals surface area (Å²) in [4.78, 5) is 15.5. The van der Waals surface area contributed by atoms with E-state index in [0.717, 1.165) is 0 Å². The summed E-state index contributed by atoms with van der Waals surface area (Å²) in [6.45, 7) is 7.36. The average molecular weight is 338 g/mol. The molecule has 2 rings (SSSR count). The average Bonchev–Trinajstić information content (AvgIpc) is 2.52. The molecule has 1 aromatic carbocycles. The highest BCUT2D eigenvalue weighted by Gasteiger charge is 2.26. The number of ether oxygens (including phenoxy) is 1. The van der Waals surface area contributed by atoms with Crippen LogP contribution in [0.2, 0.25) is 0 Å². The summed E-state index contributed by atoms with van der Waals surface area (Å²) < 4.78 is 19.6. The number of rotatable bonds is 2. The number of carbonyl (C=O) groups is 1. The smallest absolute Gasteiger partial charge is 0.410 e. The van der Waals surface area contributed by atoms with Gasteiger partial charge in [-0.05, 0) is 39.0 Å². The zero-order valence-corrected chi connectivity index (χ0v) is 14.1. The molecule has 1 aliphatic rings. The van der Waals surface area contributed by atoms with E-state index >= 15 is 0 Å². The van der Waals surface area contributed by atoms with Gasteiger partial charge in [0.05, 0.1) is 5.69 Å². The molecule has 0 spiro atoms. The highest BCUT2D eigenvalue weighted by molar-refractivity contribution is 5.97. The van der Waals surface area contributed by atoms with Crippen LogP contribution in [0.3, 0.4) is 0 Å². The first-order valence-electron chi connectivity index (χ1n) is 7.71. The van der Waals surface area contributed by atoms with Crippen molar-refractivity contribution in [1.82, 2.24) is 4.90 Å². The number of hydrogen-bond acceptors (Lipinski definition) is 5. The standard InChI is InChI=1S/C16H23FN4O3/c1-16(2,3)24-15(22)21-8-6-20(7-9-21)13-5-4-11(10-12(13)17)14(18)19-23/h4-5,10,23H,6-9H2,1-3H3,(H2,18,19). The lowest BCUT2D eigenvalue weighted by Gasteiger charge is -2.36. The van der Waals surface area contributed by atoms with Gasteiger partial charge in [-0.15, -0.1) is 0 Å². The van der Waals surface area contributed by atoms with Crippen molar-refractivity contribution in [2.45, 2.75) is 26.4 Å². The van der Waals surface area contributed by atoms with Crippen molar-refractivity contribution in [3.63, 3.8) is 0 Å². The molecule has 7 nitrogen and oxygen atoms in total. The van der Waals surface area contributed by atoms with Crippen LogP contribution in [-0.2, 0) is 4.74 Å². The molecule has 0 aromatic heterocycles. The lowest BCUT2D eigenvalue weighted by molar-refractivity contribution is 0.0240. The van der Waals surface area contributed by atoms with Crippen molar-refractivity contribution in [2.24, 2.45) is 10.9 Å². The quantitative estimate of drug-likeness (QED) is 0.372. The van der Waals surface area contributed by atoms with Gasteiger partial charge in [0.2, 0.25) is 0 Å². The van der Waals surface area contributed by atoms with Crippen LogP contribution in [0.15, 0.2) is 23.4 Å². The largest absolute Gasteiger partial charge is 0.444 e. The molecular formula is C16H23FN4O3. The van der Waals surface area contributed by atoms with Crippen LogP contribution < -0.4 is 10.6 Å². The third-order valence-electron chi connectivity index (χ3n) is 3.62. The predicted octanol–water partition coefficient (Wildman–Crippen LogP) is 1.98. The van der Waals surface area contributed by atoms with Crippen LogP contribution in [-0.4, -0.2) is 53.8 Å². The van der Waals surface area contributed by atoms with Gasteiger partial charge in [0.25, 0.3) is 0 Å². The number of halogens is 1. The van der Waals surface area contributed by atoms with Crippen LogP contribution in [0, 0.1) is 5.82 Å². The summed E-state index contributed by atoms with van der Waals surface area (Å²) in [5.74, 6) is -0.597. The van der Waals surface area contributed by atoms with Crippen molar-refractivity contribution in [3.05, 3.63) is 29.6 Å². The number of oxime groups is 1. The molecule has 0 unspecified atom stereocenters. The van der Waals surface area contributed by atoms with Crippen molar-refractivity contribution in [2.75, 3.05) is 31.1 Å². The van der Waals surface area contributed by atoms with Crippen LogP contribution in [0.1, 0.15) is 26.3 Å². The Kier molecular flexibility index (Phi) is 5.16. The minimum Gasteiger partial charge on any atom is -0.444 e. The maximum absolute atomic E-state index is 14.3. The van der Waals surface area contributed by atoms with Crippen LogP contribution in [0.4, 0.5) is 14.9 Å². The number of amidine groups is 1. The number of carbonyl (C=O) groups excluding carboxylic acids is 1. The molecular weight excluding hydrogens is 315 g/mol. The topological polar surface area (TPSA) is 91.4 Å². The maximum Gasteiger partial charge on any atom is 0.410 e. The van der Waals surface area contributed by atoms with E-state index in [1.807, 2.05) is 25.7 Å². The molecule has 1 aliphatic heterocycles. The maximum atomic E-state index is 14.3. The highest BCUT2D eigenvalue weighted by atomic mass is 19.1. The fourth-order valence-electron chi connectivity index (χ4n) is 2.44. The lowest BCUT2D eigenvalue weighted by atomic mass is 10.1. The second-order valence-electron chi connectivity index (χ2n) is 6.61. The van der Waals surface area contributed by atoms with E-state index in [0.29, 0.717) is 37.4 Å². The van der Waals surface area contributed by atoms with E-state index in [2.05, 4.69) is 5.16 Å². The number of anilines is 1. The Bertz CT molecular complexity index is 635. The predicted molar refractivity (Wildman–Crippen MR) is 88.9 cm³/mol. The van der Waals surface area contributed by atoms with Gasteiger partial charge in [0.15, 0.2) is 5.84 Å². The number of nitrogens with two attached hydrogens (primary N) is 1. The number of hydrogen-bond donors (Lipinski definition) is 2. The van der Waals surface area contributed by atoms with Gasteiger partial charge < -0.3 is 25.5 Å². The lowest BCUT2D eigenvalue weighted by Crippen LogP contribution is -2.50. The van der Waals surface area contributed by atoms with Crippen molar-refractivity contribution in [3.8, 4) is 0 Å². The SMILES string of the molecule is CC(C)(C)OC(=O)N1CCN(c2ccc(C(N)=NO)cc2F)CC1. The first-order chi connectivity index (χ1) is 11.2. The number of piperazine rings is 1. The van der Waals surface area contributed by atoms with Crippen LogP contribution in [0.5, 0.6) is 0 Å². The van der Waals surface area contributed by atoms with Crippen molar-refractivity contribution >= 4 is 17.6 Å². The monoisotopic (exact) mass is 338 g/mol. The molecule has 1 saturated heterocycles. The van der Waals surface area contributed by atoms with Gasteiger partial charge in [0.1, 0.15) is 11.4 Å². The highest BCUT2D eigenvalue weighted by Crippen LogP contribution is 2.22. The van der Waals surface area contributed by atoms with Gasteiger partial charge in [0, 0.05) is 31.7 Å². The van der Waals surface area contributed by atoms with Crippen molar-refractivity contribution < 1.29 is 19.1 Å². The Morgan fingerprint density at radius 1 is 1.29 bits per heavy atom. The summed E-state index contributed by atoms with van der Waals surface area (Å²) in [5, 5.41) is 11.5. The Morgan fingerprint density at radius 3 is 2.42 bits per heavy atom. The van der Waals surface area contributed by atoms with E-state index in [4.69, 9.17) is 15.7 Å². The number of amides is 1. The van der Waals surface area contributed by atoms with Crippen molar-refractivity contribution in [1.29, 1.82) is 0 Å². The molecule has 1 fully saturated rings. The molecule has 0 bridgehead atoms. The molecule has 0 atom stereocenters. The van der Waals surface area contributed by atoms with E-state index in [1.54, 1.807) is 17.0 Å². The van der Waals surface area contributed by atoms with E-state index in [9.17, 15) is 9.18 Å². The molecule has 0 aliphatic carbocycles. The van der Waals surface area contributed by atoms with E-state index in [-0.39, 0.29) is 11.9 Å². The molecule has 1 heterocycles. The fraction of sp³-hybridized carbons (Fsp3) is 0.500. The van der Waals surface area contributed by atoms with E-state index < -0.39 is 11.4 Å². The first kappa shape index (κ1) is 17.8. The first-order valence-corrected chi connectivity index (χ1v) is 7.71. The van der Waals surface area contributed by atoms with Gasteiger partial charge in [-0.3, -0.25) is 0 Å². The molecule has 24 heavy (non-hydrogen) atoms. The summed E-state index contributed by atoms with van der Waals surface area (Å²) in [6, 6.07) is 4.41. The fourth-order valence-corrected chi connectivity index (χ4v) is 2.44. The van der Waals surface area contributed by atoms with Gasteiger partial charge in [-0.25, -0.2) is 9.18 Å². The Balaban J connectivity index is 2.01. The molecule has 3 N–H and O–H groups in total. The zero-order chi connectivity index (χ0) is 17.9. The molecule has 132 valence electrons. The normalized spacial score (nSPS) is 16.2. The molecule has 0 saturated carbocycles. The second kappa shape index (κ2) is 6.94. The summed E-state index contributed by atoms with van der Waals surface area (Å²) in [5.41, 5.74) is 5.65.